The number of ether oxygens (including phenoxy) is 2. The lowest BCUT2D eigenvalue weighted by Gasteiger charge is -2.05. The molecule has 0 unspecified atom stereocenters. The molecule has 3 heteroatoms. The molecule has 0 saturated heterocycles. The summed E-state index contributed by atoms with van der Waals surface area (Å²) in [5, 5.41) is 0. The maximum atomic E-state index is 10.6. The van der Waals surface area contributed by atoms with Crippen LogP contribution in [-0.2, 0) is 9.53 Å². The Kier molecular flexibility index (Phi) is 3.29. The van der Waals surface area contributed by atoms with Gasteiger partial charge in [0, 0.05) is 12.5 Å². The van der Waals surface area contributed by atoms with Gasteiger partial charge in [-0.15, -0.1) is 0 Å². The molecule has 0 aliphatic carbocycles. The van der Waals surface area contributed by atoms with Gasteiger partial charge in [0.1, 0.15) is 11.5 Å². The van der Waals surface area contributed by atoms with Gasteiger partial charge in [-0.1, -0.05) is 6.58 Å². The van der Waals surface area contributed by atoms with E-state index in [0.717, 1.165) is 11.3 Å². The third-order valence-electron chi connectivity index (χ3n) is 1.68. The molecule has 0 bridgehead atoms. The lowest BCUT2D eigenvalue weighted by molar-refractivity contribution is -0.134. The smallest absolute Gasteiger partial charge is 0.308 e. The summed E-state index contributed by atoms with van der Waals surface area (Å²) in [5.41, 5.74) is 0.765. The fourth-order valence-electron chi connectivity index (χ4n) is 1.01. The van der Waals surface area contributed by atoms with Gasteiger partial charge in [0.2, 0.25) is 0 Å². The van der Waals surface area contributed by atoms with E-state index in [-0.39, 0.29) is 5.97 Å². The summed E-state index contributed by atoms with van der Waals surface area (Å²) in [6.07, 6.45) is 0. The van der Waals surface area contributed by atoms with Gasteiger partial charge in [0.15, 0.2) is 0 Å². The summed E-state index contributed by atoms with van der Waals surface area (Å²) >= 11 is 0. The van der Waals surface area contributed by atoms with Crippen LogP contribution in [0, 0.1) is 0 Å². The number of carbonyl (C=O) groups is 1. The predicted molar refractivity (Wildman–Crippen MR) is 53.8 cm³/mol. The summed E-state index contributed by atoms with van der Waals surface area (Å²) in [6.45, 7) is 4.98. The minimum atomic E-state index is -0.370. The molecule has 14 heavy (non-hydrogen) atoms. The van der Waals surface area contributed by atoms with Crippen molar-refractivity contribution in [2.75, 3.05) is 7.11 Å². The second kappa shape index (κ2) is 4.46. The van der Waals surface area contributed by atoms with Gasteiger partial charge >= 0.3 is 5.97 Å². The summed E-state index contributed by atoms with van der Waals surface area (Å²) in [4.78, 5) is 10.6. The highest BCUT2D eigenvalue weighted by Crippen LogP contribution is 2.17. The van der Waals surface area contributed by atoms with Gasteiger partial charge in [0.05, 0.1) is 7.11 Å². The zero-order chi connectivity index (χ0) is 10.6. The van der Waals surface area contributed by atoms with Crippen LogP contribution in [0.25, 0.3) is 5.76 Å². The molecule has 1 rings (SSSR count). The Balaban J connectivity index is 2.76. The minimum Gasteiger partial charge on any atom is -0.497 e. The highest BCUT2D eigenvalue weighted by atomic mass is 16.5. The Hall–Kier alpha value is -1.77. The molecule has 0 spiro atoms. The Morgan fingerprint density at radius 1 is 1.29 bits per heavy atom. The molecule has 74 valence electrons. The number of methoxy groups -OCH3 is 1. The second-order valence-corrected chi connectivity index (χ2v) is 2.75. The van der Waals surface area contributed by atoms with Gasteiger partial charge in [-0.2, -0.15) is 0 Å². The molecule has 1 aromatic rings. The second-order valence-electron chi connectivity index (χ2n) is 2.75. The first kappa shape index (κ1) is 10.3. The van der Waals surface area contributed by atoms with Crippen LogP contribution >= 0.6 is 0 Å². The minimum absolute atomic E-state index is 0.347. The zero-order valence-corrected chi connectivity index (χ0v) is 8.24. The number of benzene rings is 1. The van der Waals surface area contributed by atoms with Crippen LogP contribution in [0.3, 0.4) is 0 Å². The van der Waals surface area contributed by atoms with Crippen LogP contribution in [0.4, 0.5) is 0 Å². The molecule has 1 aromatic carbocycles. The van der Waals surface area contributed by atoms with Crippen LogP contribution in [0.5, 0.6) is 5.75 Å². The standard InChI is InChI=1S/C11H12O3/c1-8(14-9(2)12)10-4-6-11(13-3)7-5-10/h4-7H,1H2,2-3H3. The van der Waals surface area contributed by atoms with Gasteiger partial charge < -0.3 is 9.47 Å². The van der Waals surface area contributed by atoms with Gasteiger partial charge in [0.25, 0.3) is 0 Å². The first-order valence-electron chi connectivity index (χ1n) is 4.15. The molecule has 0 radical (unpaired) electrons. The molecule has 0 fully saturated rings. The van der Waals surface area contributed by atoms with E-state index in [1.54, 1.807) is 31.4 Å². The number of rotatable bonds is 3. The summed E-state index contributed by atoms with van der Waals surface area (Å²) < 4.78 is 9.83. The Morgan fingerprint density at radius 2 is 1.86 bits per heavy atom. The van der Waals surface area contributed by atoms with Crippen LogP contribution < -0.4 is 4.74 Å². The van der Waals surface area contributed by atoms with Gasteiger partial charge in [-0.25, -0.2) is 0 Å². The predicted octanol–water partition coefficient (Wildman–Crippen LogP) is 2.23. The molecule has 0 aromatic heterocycles. The van der Waals surface area contributed by atoms with E-state index >= 15 is 0 Å². The largest absolute Gasteiger partial charge is 0.497 e. The summed E-state index contributed by atoms with van der Waals surface area (Å²) in [5.74, 6) is 0.732. The first-order chi connectivity index (χ1) is 6.63. The average molecular weight is 192 g/mol. The number of hydrogen-bond acceptors (Lipinski definition) is 3. The molecule has 0 aliphatic rings. The van der Waals surface area contributed by atoms with Crippen molar-refractivity contribution in [1.29, 1.82) is 0 Å². The van der Waals surface area contributed by atoms with Crippen molar-refractivity contribution in [3.8, 4) is 5.75 Å². The Labute approximate surface area is 83.0 Å². The highest BCUT2D eigenvalue weighted by Gasteiger charge is 2.02. The summed E-state index contributed by atoms with van der Waals surface area (Å²) in [7, 11) is 1.59. The maximum absolute atomic E-state index is 10.6. The molecular formula is C11H12O3. The fraction of sp³-hybridized carbons (Fsp3) is 0.182. The Morgan fingerprint density at radius 3 is 2.29 bits per heavy atom. The first-order valence-corrected chi connectivity index (χ1v) is 4.15. The van der Waals surface area contributed by atoms with E-state index in [4.69, 9.17) is 9.47 Å². The molecule has 0 amide bonds. The molecule has 0 saturated carbocycles. The van der Waals surface area contributed by atoms with Gasteiger partial charge in [-0.3, -0.25) is 4.79 Å². The van der Waals surface area contributed by atoms with Gasteiger partial charge in [-0.05, 0) is 24.3 Å². The normalized spacial score (nSPS) is 9.29. The zero-order valence-electron chi connectivity index (χ0n) is 8.24. The summed E-state index contributed by atoms with van der Waals surface area (Å²) in [6, 6.07) is 7.13. The van der Waals surface area contributed by atoms with Crippen molar-refractivity contribution in [1.82, 2.24) is 0 Å². The lowest BCUT2D eigenvalue weighted by Crippen LogP contribution is -1.97. The molecule has 0 N–H and O–H groups in total. The van der Waals surface area contributed by atoms with E-state index < -0.39 is 0 Å². The van der Waals surface area contributed by atoms with Crippen molar-refractivity contribution in [2.24, 2.45) is 0 Å². The molecule has 0 aliphatic heterocycles. The Bertz CT molecular complexity index is 338. The van der Waals surface area contributed by atoms with Crippen LogP contribution in [-0.4, -0.2) is 13.1 Å². The third kappa shape index (κ3) is 2.62. The number of hydrogen-bond donors (Lipinski definition) is 0. The van der Waals surface area contributed by atoms with Crippen molar-refractivity contribution >= 4 is 11.7 Å². The van der Waals surface area contributed by atoms with E-state index in [1.807, 2.05) is 0 Å². The average Bonchev–Trinajstić information content (AvgIpc) is 2.17. The van der Waals surface area contributed by atoms with E-state index in [2.05, 4.69) is 6.58 Å². The fourth-order valence-corrected chi connectivity index (χ4v) is 1.01. The molecule has 0 heterocycles. The van der Waals surface area contributed by atoms with Crippen molar-refractivity contribution < 1.29 is 14.3 Å². The van der Waals surface area contributed by atoms with E-state index in [9.17, 15) is 4.79 Å². The third-order valence-corrected chi connectivity index (χ3v) is 1.68. The lowest BCUT2D eigenvalue weighted by atomic mass is 10.2. The monoisotopic (exact) mass is 192 g/mol. The maximum Gasteiger partial charge on any atom is 0.308 e. The van der Waals surface area contributed by atoms with Crippen LogP contribution in [0.15, 0.2) is 30.8 Å². The van der Waals surface area contributed by atoms with Crippen LogP contribution in [0.1, 0.15) is 12.5 Å². The van der Waals surface area contributed by atoms with Crippen molar-refractivity contribution in [3.63, 3.8) is 0 Å². The van der Waals surface area contributed by atoms with Crippen LogP contribution in [0.2, 0.25) is 0 Å². The number of carbonyl (C=O) groups excluding carboxylic acids is 1. The van der Waals surface area contributed by atoms with E-state index in [1.165, 1.54) is 6.92 Å². The number of esters is 1. The van der Waals surface area contributed by atoms with Crippen molar-refractivity contribution in [2.45, 2.75) is 6.92 Å². The molecule has 0 atom stereocenters. The quantitative estimate of drug-likeness (QED) is 0.544. The topological polar surface area (TPSA) is 35.5 Å². The molecular weight excluding hydrogens is 180 g/mol. The SMILES string of the molecule is C=C(OC(C)=O)c1ccc(OC)cc1. The van der Waals surface area contributed by atoms with Crippen molar-refractivity contribution in [3.05, 3.63) is 36.4 Å². The van der Waals surface area contributed by atoms with E-state index in [0.29, 0.717) is 5.76 Å². The molecule has 3 nitrogen and oxygen atoms in total. The highest BCUT2D eigenvalue weighted by molar-refractivity contribution is 5.75.